The molecule has 0 aliphatic rings. The molecule has 0 radical (unpaired) electrons. The van der Waals surface area contributed by atoms with E-state index in [-0.39, 0.29) is 0 Å². The second kappa shape index (κ2) is 3.37. The van der Waals surface area contributed by atoms with Crippen molar-refractivity contribution in [3.05, 3.63) is 17.5 Å². The first-order valence-corrected chi connectivity index (χ1v) is 3.62. The number of carbonyl (C=O) groups is 2. The summed E-state index contributed by atoms with van der Waals surface area (Å²) in [5.41, 5.74) is -1.91. The van der Waals surface area contributed by atoms with Crippen molar-refractivity contribution in [3.8, 4) is 0 Å². The summed E-state index contributed by atoms with van der Waals surface area (Å²) in [6.07, 6.45) is -4.70. The van der Waals surface area contributed by atoms with Crippen molar-refractivity contribution in [2.75, 3.05) is 0 Å². The summed E-state index contributed by atoms with van der Waals surface area (Å²) in [4.78, 5) is 21.1. The van der Waals surface area contributed by atoms with Gasteiger partial charge in [0, 0.05) is 13.1 Å². The normalized spacial score (nSPS) is 11.5. The zero-order chi connectivity index (χ0) is 11.8. The molecule has 0 saturated heterocycles. The molecule has 1 rings (SSSR count). The van der Waals surface area contributed by atoms with Gasteiger partial charge in [-0.1, -0.05) is 0 Å². The molecule has 0 saturated carbocycles. The fourth-order valence-electron chi connectivity index (χ4n) is 0.928. The van der Waals surface area contributed by atoms with Crippen LogP contribution in [-0.4, -0.2) is 26.6 Å². The number of aromatic nitrogens is 2. The summed E-state index contributed by atoms with van der Waals surface area (Å²) in [7, 11) is 1.06. The van der Waals surface area contributed by atoms with Crippen molar-refractivity contribution in [1.82, 2.24) is 9.78 Å². The number of Topliss-reactive ketones (excluding diaryl/α,β-unsaturated/α-hetero) is 1. The molecule has 1 aromatic heterocycles. The molecule has 1 N–H and O–H groups in total. The molecular weight excluding hydrogens is 217 g/mol. The van der Waals surface area contributed by atoms with Gasteiger partial charge in [0.1, 0.15) is 5.69 Å². The summed E-state index contributed by atoms with van der Waals surface area (Å²) in [6.45, 7) is 0. The lowest BCUT2D eigenvalue weighted by Crippen LogP contribution is -2.16. The Morgan fingerprint density at radius 3 is 2.33 bits per heavy atom. The van der Waals surface area contributed by atoms with E-state index in [9.17, 15) is 22.8 Å². The molecule has 0 aliphatic carbocycles. The molecule has 0 unspecified atom stereocenters. The predicted molar refractivity (Wildman–Crippen MR) is 40.2 cm³/mol. The van der Waals surface area contributed by atoms with Gasteiger partial charge in [-0.15, -0.1) is 0 Å². The van der Waals surface area contributed by atoms with Gasteiger partial charge < -0.3 is 5.11 Å². The Hall–Kier alpha value is -1.86. The lowest BCUT2D eigenvalue weighted by molar-refractivity contribution is -0.141. The number of hydrogen-bond acceptors (Lipinski definition) is 3. The zero-order valence-corrected chi connectivity index (χ0v) is 7.37. The van der Waals surface area contributed by atoms with Crippen LogP contribution in [0.5, 0.6) is 0 Å². The number of carbonyl (C=O) groups excluding carboxylic acids is 1. The topological polar surface area (TPSA) is 72.2 Å². The van der Waals surface area contributed by atoms with E-state index in [1.54, 1.807) is 0 Å². The maximum Gasteiger partial charge on any atom is 0.435 e. The van der Waals surface area contributed by atoms with Crippen LogP contribution >= 0.6 is 0 Å². The third-order valence-electron chi connectivity index (χ3n) is 1.60. The fraction of sp³-hybridized carbons (Fsp3) is 0.286. The lowest BCUT2D eigenvalue weighted by atomic mass is 10.2. The van der Waals surface area contributed by atoms with Gasteiger partial charge in [0.2, 0.25) is 0 Å². The van der Waals surface area contributed by atoms with E-state index in [2.05, 4.69) is 5.10 Å². The molecule has 0 amide bonds. The fourth-order valence-corrected chi connectivity index (χ4v) is 0.928. The van der Waals surface area contributed by atoms with Crippen LogP contribution in [-0.2, 0) is 18.0 Å². The van der Waals surface area contributed by atoms with Gasteiger partial charge in [0.25, 0.3) is 5.78 Å². The zero-order valence-electron chi connectivity index (χ0n) is 7.37. The molecule has 0 aromatic carbocycles. The molecular formula is C7H5F3N2O3. The van der Waals surface area contributed by atoms with Crippen molar-refractivity contribution >= 4 is 11.8 Å². The third kappa shape index (κ3) is 2.14. The number of rotatable bonds is 2. The summed E-state index contributed by atoms with van der Waals surface area (Å²) >= 11 is 0. The number of carboxylic acid groups (broad SMARTS) is 1. The summed E-state index contributed by atoms with van der Waals surface area (Å²) in [5, 5.41) is 11.3. The van der Waals surface area contributed by atoms with Gasteiger partial charge in [-0.3, -0.25) is 9.48 Å². The maximum absolute atomic E-state index is 12.1. The minimum absolute atomic E-state index is 0.399. The number of aliphatic carboxylic acids is 1. The Morgan fingerprint density at radius 1 is 1.47 bits per heavy atom. The summed E-state index contributed by atoms with van der Waals surface area (Å²) in [6, 6.07) is 0.399. The van der Waals surface area contributed by atoms with E-state index in [0.29, 0.717) is 10.7 Å². The van der Waals surface area contributed by atoms with Crippen LogP contribution in [0.2, 0.25) is 0 Å². The van der Waals surface area contributed by atoms with E-state index < -0.39 is 29.3 Å². The van der Waals surface area contributed by atoms with Crippen molar-refractivity contribution in [2.24, 2.45) is 7.05 Å². The van der Waals surface area contributed by atoms with E-state index in [1.165, 1.54) is 0 Å². The van der Waals surface area contributed by atoms with Gasteiger partial charge >= 0.3 is 12.1 Å². The highest BCUT2D eigenvalue weighted by molar-refractivity contribution is 6.39. The average Bonchev–Trinajstić information content (AvgIpc) is 2.45. The first-order valence-electron chi connectivity index (χ1n) is 3.62. The Morgan fingerprint density at radius 2 is 2.00 bits per heavy atom. The Kier molecular flexibility index (Phi) is 2.52. The Balaban J connectivity index is 3.18. The molecule has 1 aromatic rings. The Bertz CT molecular complexity index is 422. The summed E-state index contributed by atoms with van der Waals surface area (Å²) < 4.78 is 36.9. The van der Waals surface area contributed by atoms with E-state index in [0.717, 1.165) is 7.05 Å². The van der Waals surface area contributed by atoms with E-state index >= 15 is 0 Å². The quantitative estimate of drug-likeness (QED) is 0.590. The van der Waals surface area contributed by atoms with Crippen LogP contribution < -0.4 is 0 Å². The van der Waals surface area contributed by atoms with Crippen LogP contribution in [0.1, 0.15) is 16.2 Å². The minimum Gasteiger partial charge on any atom is -0.475 e. The number of hydrogen-bond donors (Lipinski definition) is 1. The highest BCUT2D eigenvalue weighted by Crippen LogP contribution is 2.28. The molecule has 0 bridgehead atoms. The van der Waals surface area contributed by atoms with Crippen LogP contribution in [0, 0.1) is 0 Å². The SMILES string of the molecule is Cn1nc(C(F)(F)F)cc1C(=O)C(=O)O. The number of aryl methyl sites for hydroxylation is 1. The van der Waals surface area contributed by atoms with Crippen molar-refractivity contribution in [2.45, 2.75) is 6.18 Å². The van der Waals surface area contributed by atoms with Gasteiger partial charge in [-0.05, 0) is 0 Å². The first-order chi connectivity index (χ1) is 6.73. The monoisotopic (exact) mass is 222 g/mol. The molecule has 0 spiro atoms. The largest absolute Gasteiger partial charge is 0.475 e. The average molecular weight is 222 g/mol. The minimum atomic E-state index is -4.70. The van der Waals surface area contributed by atoms with E-state index in [4.69, 9.17) is 5.11 Å². The molecule has 8 heteroatoms. The number of carboxylic acids is 1. The molecule has 0 aliphatic heterocycles. The lowest BCUT2D eigenvalue weighted by Gasteiger charge is -1.98. The molecule has 0 atom stereocenters. The van der Waals surface area contributed by atoms with Crippen LogP contribution in [0.15, 0.2) is 6.07 Å². The highest BCUT2D eigenvalue weighted by atomic mass is 19.4. The van der Waals surface area contributed by atoms with Gasteiger partial charge in [-0.25, -0.2) is 4.79 Å². The number of nitrogens with zero attached hydrogens (tertiary/aromatic N) is 2. The second-order valence-corrected chi connectivity index (χ2v) is 2.67. The molecule has 0 fully saturated rings. The standard InChI is InChI=1S/C7H5F3N2O3/c1-12-3(5(13)6(14)15)2-4(11-12)7(8,9)10/h2H,1H3,(H,14,15). The highest BCUT2D eigenvalue weighted by Gasteiger charge is 2.36. The van der Waals surface area contributed by atoms with Crippen LogP contribution in [0.3, 0.4) is 0 Å². The molecule has 15 heavy (non-hydrogen) atoms. The van der Waals surface area contributed by atoms with Gasteiger partial charge in [-0.2, -0.15) is 18.3 Å². The van der Waals surface area contributed by atoms with Crippen molar-refractivity contribution < 1.29 is 27.9 Å². The third-order valence-corrected chi connectivity index (χ3v) is 1.60. The Labute approximate surface area is 81.1 Å². The van der Waals surface area contributed by atoms with Crippen molar-refractivity contribution in [3.63, 3.8) is 0 Å². The van der Waals surface area contributed by atoms with Crippen LogP contribution in [0.4, 0.5) is 13.2 Å². The first kappa shape index (κ1) is 11.2. The van der Waals surface area contributed by atoms with Crippen molar-refractivity contribution in [1.29, 1.82) is 0 Å². The second-order valence-electron chi connectivity index (χ2n) is 2.67. The number of alkyl halides is 3. The smallest absolute Gasteiger partial charge is 0.435 e. The number of ketones is 1. The molecule has 82 valence electrons. The summed E-state index contributed by atoms with van der Waals surface area (Å²) in [5.74, 6) is -3.26. The number of halogens is 3. The van der Waals surface area contributed by atoms with E-state index in [1.807, 2.05) is 0 Å². The van der Waals surface area contributed by atoms with Gasteiger partial charge in [0.15, 0.2) is 5.69 Å². The molecule has 1 heterocycles. The maximum atomic E-state index is 12.1. The van der Waals surface area contributed by atoms with Gasteiger partial charge in [0.05, 0.1) is 0 Å². The molecule has 5 nitrogen and oxygen atoms in total. The van der Waals surface area contributed by atoms with Crippen LogP contribution in [0.25, 0.3) is 0 Å². The predicted octanol–water partition coefficient (Wildman–Crippen LogP) is 0.706.